The smallest absolute Gasteiger partial charge is 0.332 e. The van der Waals surface area contributed by atoms with Gasteiger partial charge in [0.1, 0.15) is 0 Å². The van der Waals surface area contributed by atoms with Crippen molar-refractivity contribution >= 4 is 22.6 Å². The van der Waals surface area contributed by atoms with E-state index in [1.165, 1.54) is 9.13 Å². The van der Waals surface area contributed by atoms with Gasteiger partial charge in [0.25, 0.3) is 5.56 Å². The Balaban J connectivity index is 1.66. The first-order valence-electron chi connectivity index (χ1n) is 9.32. The van der Waals surface area contributed by atoms with Crippen LogP contribution >= 0.6 is 11.6 Å². The van der Waals surface area contributed by atoms with E-state index in [4.69, 9.17) is 21.1 Å². The monoisotopic (exact) mass is 421 g/mol. The predicted molar refractivity (Wildman–Crippen MR) is 112 cm³/mol. The van der Waals surface area contributed by atoms with Crippen molar-refractivity contribution in [3.8, 4) is 11.5 Å². The fourth-order valence-corrected chi connectivity index (χ4v) is 3.75. The Morgan fingerprint density at radius 3 is 2.63 bits per heavy atom. The third-order valence-corrected chi connectivity index (χ3v) is 5.42. The van der Waals surface area contributed by atoms with Gasteiger partial charge in [0.15, 0.2) is 17.0 Å². The lowest BCUT2D eigenvalue weighted by Crippen LogP contribution is -2.40. The Labute approximate surface area is 175 Å². The molecule has 0 spiro atoms. The first-order valence-corrected chi connectivity index (χ1v) is 9.70. The molecule has 0 atom stereocenters. The van der Waals surface area contributed by atoms with E-state index in [1.54, 1.807) is 42.6 Å². The fourth-order valence-electron chi connectivity index (χ4n) is 3.55. The van der Waals surface area contributed by atoms with Crippen LogP contribution in [0.4, 0.5) is 0 Å². The molecule has 0 N–H and O–H groups in total. The zero-order valence-corrected chi connectivity index (χ0v) is 16.5. The van der Waals surface area contributed by atoms with Crippen molar-refractivity contribution in [2.75, 3.05) is 6.79 Å². The summed E-state index contributed by atoms with van der Waals surface area (Å²) in [4.78, 5) is 30.7. The molecule has 0 radical (unpaired) electrons. The van der Waals surface area contributed by atoms with Gasteiger partial charge in [-0.25, -0.2) is 9.78 Å². The predicted octanol–water partition coefficient (Wildman–Crippen LogP) is 3.04. The van der Waals surface area contributed by atoms with Crippen molar-refractivity contribution in [2.24, 2.45) is 0 Å². The van der Waals surface area contributed by atoms with Gasteiger partial charge in [0, 0.05) is 11.2 Å². The highest BCUT2D eigenvalue weighted by atomic mass is 35.5. The molecule has 0 unspecified atom stereocenters. The van der Waals surface area contributed by atoms with Crippen LogP contribution in [0.3, 0.4) is 0 Å². The highest BCUT2D eigenvalue weighted by Crippen LogP contribution is 2.32. The average Bonchev–Trinajstić information content (AvgIpc) is 3.23. The van der Waals surface area contributed by atoms with Crippen LogP contribution in [0.1, 0.15) is 11.1 Å². The molecular formula is C22H16ClN3O4. The van der Waals surface area contributed by atoms with Crippen molar-refractivity contribution in [3.63, 3.8) is 0 Å². The van der Waals surface area contributed by atoms with Gasteiger partial charge in [-0.1, -0.05) is 35.9 Å². The summed E-state index contributed by atoms with van der Waals surface area (Å²) in [5, 5.41) is 0.551. The number of hydrogen-bond donors (Lipinski definition) is 0. The van der Waals surface area contributed by atoms with Crippen LogP contribution in [0, 0.1) is 0 Å². The summed E-state index contributed by atoms with van der Waals surface area (Å²) < 4.78 is 13.4. The average molecular weight is 422 g/mol. The molecular weight excluding hydrogens is 406 g/mol. The standard InChI is InChI=1S/C22H16ClN3O4/c23-16-5-2-1-4-15(16)12-25-17-6-3-9-24-20(17)21(27)26(22(25)28)11-14-7-8-18-19(10-14)30-13-29-18/h1-10H,11-13H2. The maximum atomic E-state index is 13.4. The van der Waals surface area contributed by atoms with Gasteiger partial charge in [0.2, 0.25) is 6.79 Å². The molecule has 2 aromatic carbocycles. The zero-order chi connectivity index (χ0) is 20.7. The SMILES string of the molecule is O=c1c2ncccc2n(Cc2ccccc2Cl)c(=O)n1Cc1ccc2c(c1)OCO2. The number of nitrogens with zero attached hydrogens (tertiary/aromatic N) is 3. The molecule has 0 bridgehead atoms. The number of benzene rings is 2. The van der Waals surface area contributed by atoms with Crippen molar-refractivity contribution < 1.29 is 9.47 Å². The minimum atomic E-state index is -0.441. The normalized spacial score (nSPS) is 12.4. The number of halogens is 1. The van der Waals surface area contributed by atoms with Crippen LogP contribution in [0.2, 0.25) is 5.02 Å². The summed E-state index contributed by atoms with van der Waals surface area (Å²) >= 11 is 6.31. The van der Waals surface area contributed by atoms with Gasteiger partial charge in [-0.15, -0.1) is 0 Å². The molecule has 8 heteroatoms. The van der Waals surface area contributed by atoms with Crippen LogP contribution in [0.25, 0.3) is 11.0 Å². The topological polar surface area (TPSA) is 75.4 Å². The number of ether oxygens (including phenoxy) is 2. The van der Waals surface area contributed by atoms with E-state index < -0.39 is 11.2 Å². The molecule has 0 aliphatic carbocycles. The van der Waals surface area contributed by atoms with Crippen molar-refractivity contribution in [1.29, 1.82) is 0 Å². The maximum absolute atomic E-state index is 13.4. The molecule has 4 aromatic rings. The van der Waals surface area contributed by atoms with E-state index in [2.05, 4.69) is 4.98 Å². The second-order valence-electron chi connectivity index (χ2n) is 6.91. The number of rotatable bonds is 4. The summed E-state index contributed by atoms with van der Waals surface area (Å²) in [6, 6.07) is 16.1. The first kappa shape index (κ1) is 18.4. The molecule has 0 fully saturated rings. The largest absolute Gasteiger partial charge is 0.454 e. The maximum Gasteiger partial charge on any atom is 0.332 e. The second-order valence-corrected chi connectivity index (χ2v) is 7.32. The van der Waals surface area contributed by atoms with Gasteiger partial charge < -0.3 is 9.47 Å². The van der Waals surface area contributed by atoms with Gasteiger partial charge in [0.05, 0.1) is 18.6 Å². The molecule has 0 amide bonds. The minimum Gasteiger partial charge on any atom is -0.454 e. The molecule has 3 heterocycles. The van der Waals surface area contributed by atoms with E-state index in [1.807, 2.05) is 18.2 Å². The zero-order valence-electron chi connectivity index (χ0n) is 15.7. The Morgan fingerprint density at radius 2 is 1.77 bits per heavy atom. The fraction of sp³-hybridized carbons (Fsp3) is 0.136. The van der Waals surface area contributed by atoms with E-state index >= 15 is 0 Å². The third-order valence-electron chi connectivity index (χ3n) is 5.05. The van der Waals surface area contributed by atoms with Crippen LogP contribution < -0.4 is 20.7 Å². The minimum absolute atomic E-state index is 0.0866. The Kier molecular flexibility index (Phi) is 4.52. The summed E-state index contributed by atoms with van der Waals surface area (Å²) in [6.07, 6.45) is 1.54. The Bertz CT molecular complexity index is 1390. The first-order chi connectivity index (χ1) is 14.6. The van der Waals surface area contributed by atoms with Crippen LogP contribution in [0.5, 0.6) is 11.5 Å². The summed E-state index contributed by atoms with van der Waals surface area (Å²) in [6.45, 7) is 0.467. The van der Waals surface area contributed by atoms with Gasteiger partial charge in [-0.05, 0) is 41.5 Å². The molecule has 30 heavy (non-hydrogen) atoms. The Hall–Kier alpha value is -3.58. The lowest BCUT2D eigenvalue weighted by atomic mass is 10.2. The van der Waals surface area contributed by atoms with E-state index in [0.29, 0.717) is 22.0 Å². The van der Waals surface area contributed by atoms with Crippen LogP contribution in [-0.4, -0.2) is 20.9 Å². The quantitative estimate of drug-likeness (QED) is 0.506. The second kappa shape index (κ2) is 7.35. The van der Waals surface area contributed by atoms with E-state index in [-0.39, 0.29) is 25.4 Å². The molecule has 2 aromatic heterocycles. The van der Waals surface area contributed by atoms with Crippen LogP contribution in [-0.2, 0) is 13.1 Å². The summed E-state index contributed by atoms with van der Waals surface area (Å²) in [7, 11) is 0. The van der Waals surface area contributed by atoms with Gasteiger partial charge >= 0.3 is 5.69 Å². The molecule has 0 saturated heterocycles. The van der Waals surface area contributed by atoms with Crippen molar-refractivity contribution in [2.45, 2.75) is 13.1 Å². The summed E-state index contributed by atoms with van der Waals surface area (Å²) in [5.41, 5.74) is 1.35. The highest BCUT2D eigenvalue weighted by molar-refractivity contribution is 6.31. The summed E-state index contributed by atoms with van der Waals surface area (Å²) in [5.74, 6) is 1.23. The molecule has 150 valence electrons. The van der Waals surface area contributed by atoms with Crippen molar-refractivity contribution in [1.82, 2.24) is 14.1 Å². The van der Waals surface area contributed by atoms with E-state index in [0.717, 1.165) is 11.1 Å². The van der Waals surface area contributed by atoms with Crippen molar-refractivity contribution in [3.05, 3.63) is 97.8 Å². The number of fused-ring (bicyclic) bond motifs is 2. The van der Waals surface area contributed by atoms with E-state index in [9.17, 15) is 9.59 Å². The number of pyridine rings is 1. The molecule has 0 saturated carbocycles. The lowest BCUT2D eigenvalue weighted by Gasteiger charge is -2.14. The van der Waals surface area contributed by atoms with Gasteiger partial charge in [-0.3, -0.25) is 13.9 Å². The third kappa shape index (κ3) is 3.13. The molecule has 1 aliphatic rings. The Morgan fingerprint density at radius 1 is 0.933 bits per heavy atom. The highest BCUT2D eigenvalue weighted by Gasteiger charge is 2.17. The molecule has 1 aliphatic heterocycles. The van der Waals surface area contributed by atoms with Crippen LogP contribution in [0.15, 0.2) is 70.4 Å². The molecule has 5 rings (SSSR count). The number of hydrogen-bond acceptors (Lipinski definition) is 5. The lowest BCUT2D eigenvalue weighted by molar-refractivity contribution is 0.174. The van der Waals surface area contributed by atoms with Gasteiger partial charge in [-0.2, -0.15) is 0 Å². The number of aromatic nitrogens is 3. The molecule has 7 nitrogen and oxygen atoms in total.